The predicted molar refractivity (Wildman–Crippen MR) is 81.3 cm³/mol. The molecule has 0 saturated carbocycles. The van der Waals surface area contributed by atoms with Gasteiger partial charge in [0.1, 0.15) is 12.4 Å². The first-order valence-electron chi connectivity index (χ1n) is 7.05. The largest absolute Gasteiger partial charge is 0.345 e. The summed E-state index contributed by atoms with van der Waals surface area (Å²) in [5.41, 5.74) is 7.23. The van der Waals surface area contributed by atoms with E-state index in [0.717, 1.165) is 18.4 Å². The van der Waals surface area contributed by atoms with Gasteiger partial charge >= 0.3 is 0 Å². The maximum atomic E-state index is 13.4. The number of nitrogens with one attached hydrogen (secondary N) is 1. The van der Waals surface area contributed by atoms with Crippen LogP contribution in [0.1, 0.15) is 31.4 Å². The molecule has 1 heterocycles. The summed E-state index contributed by atoms with van der Waals surface area (Å²) in [6.45, 7) is 2.21. The van der Waals surface area contributed by atoms with E-state index in [4.69, 9.17) is 5.73 Å². The summed E-state index contributed by atoms with van der Waals surface area (Å²) in [6.07, 6.45) is 5.60. The summed E-state index contributed by atoms with van der Waals surface area (Å²) in [6, 6.07) is 8.01. The highest BCUT2D eigenvalue weighted by atomic mass is 19.1. The van der Waals surface area contributed by atoms with Crippen LogP contribution in [-0.4, -0.2) is 10.5 Å². The number of hydrogen-bond donors (Lipinski definition) is 2. The molecule has 0 aliphatic heterocycles. The third-order valence-corrected chi connectivity index (χ3v) is 3.28. The van der Waals surface area contributed by atoms with Gasteiger partial charge in [-0.3, -0.25) is 4.79 Å². The number of nitrogens with zero attached hydrogens (tertiary/aromatic N) is 1. The van der Waals surface area contributed by atoms with Gasteiger partial charge in [0.15, 0.2) is 0 Å². The molecule has 1 aromatic carbocycles. The van der Waals surface area contributed by atoms with Crippen LogP contribution in [0.25, 0.3) is 0 Å². The number of anilines is 1. The molecule has 2 rings (SSSR count). The van der Waals surface area contributed by atoms with Crippen molar-refractivity contribution >= 4 is 11.6 Å². The van der Waals surface area contributed by atoms with Crippen molar-refractivity contribution in [1.82, 2.24) is 4.57 Å². The van der Waals surface area contributed by atoms with Crippen LogP contribution in [0, 0.1) is 5.82 Å². The first kappa shape index (κ1) is 15.3. The van der Waals surface area contributed by atoms with Crippen molar-refractivity contribution in [2.75, 3.05) is 5.32 Å². The average Bonchev–Trinajstić information content (AvgIpc) is 2.90. The van der Waals surface area contributed by atoms with Crippen molar-refractivity contribution in [3.8, 4) is 0 Å². The minimum absolute atomic E-state index is 0.00845. The van der Waals surface area contributed by atoms with Gasteiger partial charge in [0, 0.05) is 18.4 Å². The standard InChI is InChI=1S/C16H20FN3O/c1-2-5-14(18)12-8-9-20(10-12)11-16(21)19-15-7-4-3-6-13(15)17/h3-4,6-10,14H,2,5,11,18H2,1H3,(H,19,21). The Bertz CT molecular complexity index is 609. The topological polar surface area (TPSA) is 60.0 Å². The maximum absolute atomic E-state index is 13.4. The van der Waals surface area contributed by atoms with Crippen LogP contribution in [0.2, 0.25) is 0 Å². The van der Waals surface area contributed by atoms with Crippen LogP contribution >= 0.6 is 0 Å². The zero-order valence-electron chi connectivity index (χ0n) is 12.1. The number of aromatic nitrogens is 1. The lowest BCUT2D eigenvalue weighted by atomic mass is 10.1. The number of benzene rings is 1. The maximum Gasteiger partial charge on any atom is 0.244 e. The third kappa shape index (κ3) is 4.16. The first-order valence-corrected chi connectivity index (χ1v) is 7.05. The van der Waals surface area contributed by atoms with Gasteiger partial charge in [0.25, 0.3) is 0 Å². The lowest BCUT2D eigenvalue weighted by Crippen LogP contribution is -2.18. The van der Waals surface area contributed by atoms with Crippen LogP contribution in [0.15, 0.2) is 42.7 Å². The zero-order chi connectivity index (χ0) is 15.2. The molecule has 3 N–H and O–H groups in total. The van der Waals surface area contributed by atoms with Crippen LogP contribution in [0.4, 0.5) is 10.1 Å². The molecule has 0 radical (unpaired) electrons. The highest BCUT2D eigenvalue weighted by Gasteiger charge is 2.10. The van der Waals surface area contributed by atoms with Crippen LogP contribution < -0.4 is 11.1 Å². The molecule has 5 heteroatoms. The van der Waals surface area contributed by atoms with Gasteiger partial charge in [-0.2, -0.15) is 0 Å². The molecule has 2 aromatic rings. The summed E-state index contributed by atoms with van der Waals surface area (Å²) < 4.78 is 15.2. The second-order valence-corrected chi connectivity index (χ2v) is 5.04. The molecule has 0 fully saturated rings. The second kappa shape index (κ2) is 7.04. The minimum Gasteiger partial charge on any atom is -0.345 e. The molecule has 1 aromatic heterocycles. The van der Waals surface area contributed by atoms with Crippen molar-refractivity contribution in [1.29, 1.82) is 0 Å². The van der Waals surface area contributed by atoms with Gasteiger partial charge in [-0.15, -0.1) is 0 Å². The quantitative estimate of drug-likeness (QED) is 0.858. The van der Waals surface area contributed by atoms with Crippen LogP contribution in [-0.2, 0) is 11.3 Å². The Morgan fingerprint density at radius 2 is 2.14 bits per heavy atom. The van der Waals surface area contributed by atoms with E-state index in [1.165, 1.54) is 12.1 Å². The van der Waals surface area contributed by atoms with E-state index >= 15 is 0 Å². The Balaban J connectivity index is 1.96. The van der Waals surface area contributed by atoms with E-state index in [2.05, 4.69) is 12.2 Å². The third-order valence-electron chi connectivity index (χ3n) is 3.28. The summed E-state index contributed by atoms with van der Waals surface area (Å²) in [5, 5.41) is 2.56. The van der Waals surface area contributed by atoms with E-state index in [9.17, 15) is 9.18 Å². The Morgan fingerprint density at radius 3 is 2.86 bits per heavy atom. The first-order chi connectivity index (χ1) is 10.1. The lowest BCUT2D eigenvalue weighted by Gasteiger charge is -2.08. The number of amides is 1. The van der Waals surface area contributed by atoms with Crippen LogP contribution in [0.3, 0.4) is 0 Å². The van der Waals surface area contributed by atoms with Crippen molar-refractivity contribution in [3.05, 3.63) is 54.1 Å². The highest BCUT2D eigenvalue weighted by Crippen LogP contribution is 2.16. The minimum atomic E-state index is -0.441. The van der Waals surface area contributed by atoms with Gasteiger partial charge in [-0.1, -0.05) is 25.5 Å². The van der Waals surface area contributed by atoms with E-state index in [1.54, 1.807) is 16.7 Å². The molecule has 0 spiro atoms. The van der Waals surface area contributed by atoms with Gasteiger partial charge in [-0.25, -0.2) is 4.39 Å². The number of rotatable bonds is 6. The number of nitrogens with two attached hydrogens (primary N) is 1. The Kier molecular flexibility index (Phi) is 5.11. The Hall–Kier alpha value is -2.14. The number of carbonyl (C=O) groups is 1. The fraction of sp³-hybridized carbons (Fsp3) is 0.312. The van der Waals surface area contributed by atoms with Crippen molar-refractivity contribution in [2.45, 2.75) is 32.4 Å². The number of carbonyl (C=O) groups excluding carboxylic acids is 1. The molecule has 0 saturated heterocycles. The summed E-state index contributed by atoms with van der Waals surface area (Å²) in [5.74, 6) is -0.713. The summed E-state index contributed by atoms with van der Waals surface area (Å²) in [7, 11) is 0. The van der Waals surface area contributed by atoms with Crippen molar-refractivity contribution in [2.24, 2.45) is 5.73 Å². The van der Waals surface area contributed by atoms with Gasteiger partial charge in [0.2, 0.25) is 5.91 Å². The molecular formula is C16H20FN3O. The number of hydrogen-bond acceptors (Lipinski definition) is 2. The predicted octanol–water partition coefficient (Wildman–Crippen LogP) is 3.07. The van der Waals surface area contributed by atoms with E-state index < -0.39 is 5.82 Å². The average molecular weight is 289 g/mol. The number of halogens is 1. The van der Waals surface area contributed by atoms with Crippen LogP contribution in [0.5, 0.6) is 0 Å². The molecule has 112 valence electrons. The Labute approximate surface area is 123 Å². The van der Waals surface area contributed by atoms with Gasteiger partial charge in [0.05, 0.1) is 5.69 Å². The number of para-hydroxylation sites is 1. The molecule has 0 aliphatic rings. The SMILES string of the molecule is CCCC(N)c1ccn(CC(=O)Nc2ccccc2F)c1. The second-order valence-electron chi connectivity index (χ2n) is 5.04. The highest BCUT2D eigenvalue weighted by molar-refractivity contribution is 5.90. The fourth-order valence-corrected chi connectivity index (χ4v) is 2.17. The molecular weight excluding hydrogens is 269 g/mol. The van der Waals surface area contributed by atoms with E-state index in [-0.39, 0.29) is 24.2 Å². The van der Waals surface area contributed by atoms with Gasteiger partial charge < -0.3 is 15.6 Å². The molecule has 1 unspecified atom stereocenters. The van der Waals surface area contributed by atoms with E-state index in [1.807, 2.05) is 18.5 Å². The molecule has 0 bridgehead atoms. The summed E-state index contributed by atoms with van der Waals surface area (Å²) >= 11 is 0. The lowest BCUT2D eigenvalue weighted by molar-refractivity contribution is -0.116. The fourth-order valence-electron chi connectivity index (χ4n) is 2.17. The van der Waals surface area contributed by atoms with E-state index in [0.29, 0.717) is 0 Å². The molecule has 0 aliphatic carbocycles. The van der Waals surface area contributed by atoms with Gasteiger partial charge in [-0.05, 0) is 30.2 Å². The monoisotopic (exact) mass is 289 g/mol. The zero-order valence-corrected chi connectivity index (χ0v) is 12.1. The van der Waals surface area contributed by atoms with Crippen molar-refractivity contribution in [3.63, 3.8) is 0 Å². The summed E-state index contributed by atoms with van der Waals surface area (Å²) in [4.78, 5) is 11.9. The Morgan fingerprint density at radius 1 is 1.38 bits per heavy atom. The molecule has 1 atom stereocenters. The molecule has 4 nitrogen and oxygen atoms in total. The smallest absolute Gasteiger partial charge is 0.244 e. The molecule has 21 heavy (non-hydrogen) atoms. The normalized spacial score (nSPS) is 12.1. The molecule has 1 amide bonds. The van der Waals surface area contributed by atoms with Crippen molar-refractivity contribution < 1.29 is 9.18 Å².